The summed E-state index contributed by atoms with van der Waals surface area (Å²) in [6, 6.07) is 0. The first-order valence-corrected chi connectivity index (χ1v) is 5.60. The lowest BCUT2D eigenvalue weighted by Crippen LogP contribution is -1.91. The van der Waals surface area contributed by atoms with Crippen LogP contribution in [0, 0.1) is 5.92 Å². The van der Waals surface area contributed by atoms with Crippen molar-refractivity contribution in [2.45, 2.75) is 52.4 Å². The summed E-state index contributed by atoms with van der Waals surface area (Å²) in [6.45, 7) is 8.18. The molecule has 0 fully saturated rings. The molecule has 0 saturated carbocycles. The largest absolute Gasteiger partial charge is 0.102 e. The number of allylic oxidation sites excluding steroid dienone is 3. The van der Waals surface area contributed by atoms with Crippen LogP contribution in [0.1, 0.15) is 52.4 Å². The standard InChI is InChI=1S/C13H24/c1-4-7-8-9-10-12-13(6-3)11-5-2/h5-6,11,13H,3-4,7-10,12H2,1-2H3/b11-5+. The van der Waals surface area contributed by atoms with E-state index in [9.17, 15) is 0 Å². The van der Waals surface area contributed by atoms with Crippen LogP contribution in [0.15, 0.2) is 24.8 Å². The number of rotatable bonds is 8. The molecule has 1 atom stereocenters. The molecule has 0 rings (SSSR count). The van der Waals surface area contributed by atoms with Gasteiger partial charge in [0, 0.05) is 0 Å². The van der Waals surface area contributed by atoms with Crippen LogP contribution in [0.25, 0.3) is 0 Å². The van der Waals surface area contributed by atoms with Crippen molar-refractivity contribution in [2.75, 3.05) is 0 Å². The highest BCUT2D eigenvalue weighted by Crippen LogP contribution is 2.13. The monoisotopic (exact) mass is 180 g/mol. The van der Waals surface area contributed by atoms with Crippen molar-refractivity contribution < 1.29 is 0 Å². The maximum absolute atomic E-state index is 3.84. The fraction of sp³-hybridized carbons (Fsp3) is 0.692. The lowest BCUT2D eigenvalue weighted by Gasteiger charge is -2.06. The Morgan fingerprint density at radius 1 is 1.15 bits per heavy atom. The van der Waals surface area contributed by atoms with Gasteiger partial charge in [-0.1, -0.05) is 57.3 Å². The van der Waals surface area contributed by atoms with E-state index >= 15 is 0 Å². The minimum atomic E-state index is 0.603. The average Bonchev–Trinajstić information content (AvgIpc) is 2.16. The third-order valence-corrected chi connectivity index (χ3v) is 2.38. The van der Waals surface area contributed by atoms with Crippen LogP contribution in [-0.2, 0) is 0 Å². The molecule has 0 aliphatic heterocycles. The second-order valence-corrected chi connectivity index (χ2v) is 3.63. The Hall–Kier alpha value is -0.520. The fourth-order valence-electron chi connectivity index (χ4n) is 1.52. The van der Waals surface area contributed by atoms with E-state index in [0.29, 0.717) is 5.92 Å². The quantitative estimate of drug-likeness (QED) is 0.374. The molecule has 76 valence electrons. The smallest absolute Gasteiger partial charge is 0.00563 e. The Balaban J connectivity index is 3.33. The Morgan fingerprint density at radius 2 is 1.85 bits per heavy atom. The van der Waals surface area contributed by atoms with E-state index < -0.39 is 0 Å². The molecule has 0 heteroatoms. The highest BCUT2D eigenvalue weighted by Gasteiger charge is 1.97. The molecule has 0 aromatic carbocycles. The molecule has 0 nitrogen and oxygen atoms in total. The van der Waals surface area contributed by atoms with Crippen LogP contribution in [0.3, 0.4) is 0 Å². The predicted octanol–water partition coefficient (Wildman–Crippen LogP) is 4.73. The second-order valence-electron chi connectivity index (χ2n) is 3.63. The third kappa shape index (κ3) is 7.83. The zero-order valence-electron chi connectivity index (χ0n) is 9.26. The van der Waals surface area contributed by atoms with Crippen molar-refractivity contribution >= 4 is 0 Å². The molecule has 0 radical (unpaired) electrons. The Morgan fingerprint density at radius 3 is 2.38 bits per heavy atom. The van der Waals surface area contributed by atoms with Crippen LogP contribution < -0.4 is 0 Å². The lowest BCUT2D eigenvalue weighted by atomic mass is 10.0. The molecule has 0 spiro atoms. The van der Waals surface area contributed by atoms with E-state index in [4.69, 9.17) is 0 Å². The van der Waals surface area contributed by atoms with Crippen LogP contribution in [0.4, 0.5) is 0 Å². The van der Waals surface area contributed by atoms with Crippen molar-refractivity contribution in [3.63, 3.8) is 0 Å². The average molecular weight is 180 g/mol. The summed E-state index contributed by atoms with van der Waals surface area (Å²) in [5.74, 6) is 0.603. The van der Waals surface area contributed by atoms with Crippen molar-refractivity contribution in [3.8, 4) is 0 Å². The van der Waals surface area contributed by atoms with Crippen molar-refractivity contribution in [1.29, 1.82) is 0 Å². The molecule has 0 aromatic heterocycles. The summed E-state index contributed by atoms with van der Waals surface area (Å²) in [7, 11) is 0. The van der Waals surface area contributed by atoms with E-state index in [0.717, 1.165) is 0 Å². The molecule has 0 N–H and O–H groups in total. The molecule has 0 amide bonds. The summed E-state index contributed by atoms with van der Waals surface area (Å²) in [4.78, 5) is 0. The van der Waals surface area contributed by atoms with Gasteiger partial charge in [0.05, 0.1) is 0 Å². The molecule has 0 aromatic rings. The molecule has 13 heavy (non-hydrogen) atoms. The van der Waals surface area contributed by atoms with Gasteiger partial charge in [0.2, 0.25) is 0 Å². The van der Waals surface area contributed by atoms with E-state index in [2.05, 4.69) is 38.7 Å². The zero-order valence-corrected chi connectivity index (χ0v) is 9.26. The third-order valence-electron chi connectivity index (χ3n) is 2.38. The SMILES string of the molecule is C=CC(/C=C/C)CCCCCCC. The molecule has 0 aliphatic rings. The number of hydrogen-bond donors (Lipinski definition) is 0. The minimum Gasteiger partial charge on any atom is -0.102 e. The summed E-state index contributed by atoms with van der Waals surface area (Å²) >= 11 is 0. The first-order chi connectivity index (χ1) is 6.35. The first kappa shape index (κ1) is 12.5. The fourth-order valence-corrected chi connectivity index (χ4v) is 1.52. The Kier molecular flexibility index (Phi) is 9.18. The maximum atomic E-state index is 3.84. The predicted molar refractivity (Wildman–Crippen MR) is 61.9 cm³/mol. The Bertz CT molecular complexity index is 133. The molecule has 0 heterocycles. The molecule has 0 saturated heterocycles. The van der Waals surface area contributed by atoms with E-state index in [-0.39, 0.29) is 0 Å². The van der Waals surface area contributed by atoms with E-state index in [1.54, 1.807) is 0 Å². The number of unbranched alkanes of at least 4 members (excludes halogenated alkanes) is 4. The minimum absolute atomic E-state index is 0.603. The van der Waals surface area contributed by atoms with Gasteiger partial charge >= 0.3 is 0 Å². The summed E-state index contributed by atoms with van der Waals surface area (Å²) in [5.41, 5.74) is 0. The summed E-state index contributed by atoms with van der Waals surface area (Å²) in [5, 5.41) is 0. The van der Waals surface area contributed by atoms with Crippen molar-refractivity contribution in [2.24, 2.45) is 5.92 Å². The lowest BCUT2D eigenvalue weighted by molar-refractivity contribution is 0.575. The first-order valence-electron chi connectivity index (χ1n) is 5.60. The summed E-state index contributed by atoms with van der Waals surface area (Å²) in [6.07, 6.45) is 14.6. The van der Waals surface area contributed by atoms with Gasteiger partial charge in [0.1, 0.15) is 0 Å². The van der Waals surface area contributed by atoms with Gasteiger partial charge in [-0.15, -0.1) is 6.58 Å². The Labute approximate surface area is 83.7 Å². The van der Waals surface area contributed by atoms with Crippen molar-refractivity contribution in [1.82, 2.24) is 0 Å². The van der Waals surface area contributed by atoms with Gasteiger partial charge in [-0.25, -0.2) is 0 Å². The van der Waals surface area contributed by atoms with Crippen LogP contribution >= 0.6 is 0 Å². The van der Waals surface area contributed by atoms with Crippen LogP contribution in [-0.4, -0.2) is 0 Å². The van der Waals surface area contributed by atoms with Crippen molar-refractivity contribution in [3.05, 3.63) is 24.8 Å². The number of hydrogen-bond acceptors (Lipinski definition) is 0. The second kappa shape index (κ2) is 9.57. The molecular weight excluding hydrogens is 156 g/mol. The highest BCUT2D eigenvalue weighted by atomic mass is 14.0. The van der Waals surface area contributed by atoms with Gasteiger partial charge in [-0.3, -0.25) is 0 Å². The maximum Gasteiger partial charge on any atom is -0.00563 e. The van der Waals surface area contributed by atoms with E-state index in [1.807, 2.05) is 0 Å². The highest BCUT2D eigenvalue weighted by molar-refractivity contribution is 4.95. The van der Waals surface area contributed by atoms with Crippen LogP contribution in [0.2, 0.25) is 0 Å². The molecule has 0 bridgehead atoms. The van der Waals surface area contributed by atoms with Gasteiger partial charge in [-0.05, 0) is 19.3 Å². The molecule has 0 aliphatic carbocycles. The van der Waals surface area contributed by atoms with E-state index in [1.165, 1.54) is 38.5 Å². The topological polar surface area (TPSA) is 0 Å². The van der Waals surface area contributed by atoms with Gasteiger partial charge < -0.3 is 0 Å². The molecule has 1 unspecified atom stereocenters. The zero-order chi connectivity index (χ0) is 9.94. The normalized spacial score (nSPS) is 13.4. The van der Waals surface area contributed by atoms with Crippen LogP contribution in [0.5, 0.6) is 0 Å². The van der Waals surface area contributed by atoms with Gasteiger partial charge in [0.25, 0.3) is 0 Å². The summed E-state index contributed by atoms with van der Waals surface area (Å²) < 4.78 is 0. The van der Waals surface area contributed by atoms with Gasteiger partial charge in [-0.2, -0.15) is 0 Å². The van der Waals surface area contributed by atoms with Gasteiger partial charge in [0.15, 0.2) is 0 Å². The molecular formula is C13H24.